The van der Waals surface area contributed by atoms with Crippen molar-refractivity contribution in [3.05, 3.63) is 17.7 Å². The van der Waals surface area contributed by atoms with E-state index in [4.69, 9.17) is 14.2 Å². The van der Waals surface area contributed by atoms with E-state index in [0.717, 1.165) is 18.3 Å². The summed E-state index contributed by atoms with van der Waals surface area (Å²) in [4.78, 5) is 3.36. The van der Waals surface area contributed by atoms with Gasteiger partial charge < -0.3 is 24.0 Å². The van der Waals surface area contributed by atoms with Crippen LogP contribution < -0.4 is 24.0 Å². The Morgan fingerprint density at radius 1 is 0.957 bits per heavy atom. The minimum absolute atomic E-state index is 0.691. The third kappa shape index (κ3) is 4.09. The lowest BCUT2D eigenvalue weighted by molar-refractivity contribution is -1.03. The van der Waals surface area contributed by atoms with E-state index in [2.05, 4.69) is 19.9 Å². The number of benzene rings is 1. The van der Waals surface area contributed by atoms with Crippen molar-refractivity contribution in [2.45, 2.75) is 32.9 Å². The van der Waals surface area contributed by atoms with Gasteiger partial charge in [-0.15, -0.1) is 0 Å². The van der Waals surface area contributed by atoms with Crippen LogP contribution in [-0.2, 0) is 6.54 Å². The van der Waals surface area contributed by atoms with Crippen LogP contribution in [0.25, 0.3) is 0 Å². The molecule has 5 nitrogen and oxygen atoms in total. The molecule has 0 bridgehead atoms. The number of hydrogen-bond acceptors (Lipinski definition) is 3. The minimum atomic E-state index is 0.691. The molecular weight excluding hydrogens is 292 g/mol. The summed E-state index contributed by atoms with van der Waals surface area (Å²) in [5, 5.41) is 0. The van der Waals surface area contributed by atoms with E-state index in [1.54, 1.807) is 31.1 Å². The lowest BCUT2D eigenvalue weighted by atomic mass is 10.1. The van der Waals surface area contributed by atoms with E-state index in [-0.39, 0.29) is 0 Å². The van der Waals surface area contributed by atoms with E-state index in [1.807, 2.05) is 6.07 Å². The van der Waals surface area contributed by atoms with Crippen molar-refractivity contribution in [2.75, 3.05) is 47.5 Å². The zero-order chi connectivity index (χ0) is 16.8. The highest BCUT2D eigenvalue weighted by molar-refractivity contribution is 5.55. The Labute approximate surface area is 140 Å². The van der Waals surface area contributed by atoms with E-state index >= 15 is 0 Å². The Morgan fingerprint density at radius 3 is 2.13 bits per heavy atom. The first-order chi connectivity index (χ1) is 11.1. The van der Waals surface area contributed by atoms with Crippen molar-refractivity contribution < 1.29 is 24.0 Å². The van der Waals surface area contributed by atoms with E-state index < -0.39 is 0 Å². The van der Waals surface area contributed by atoms with Gasteiger partial charge in [0.1, 0.15) is 32.7 Å². The fourth-order valence-electron chi connectivity index (χ4n) is 3.45. The molecule has 2 N–H and O–H groups in total. The second kappa shape index (κ2) is 8.41. The van der Waals surface area contributed by atoms with Crippen LogP contribution in [0, 0.1) is 0 Å². The standard InChI is InChI=1S/C18H30N2O3/c1-6-14(2)20-11-9-19(10-12-20)13-15-7-8-16(21-3)18(23-5)17(15)22-4/h7-8,14H,6,9-13H2,1-5H3/p+2. The molecule has 0 amide bonds. The third-order valence-electron chi connectivity index (χ3n) is 5.13. The molecule has 1 fully saturated rings. The number of piperazine rings is 1. The van der Waals surface area contributed by atoms with Crippen LogP contribution in [0.15, 0.2) is 12.1 Å². The molecule has 1 aromatic rings. The fourth-order valence-corrected chi connectivity index (χ4v) is 3.45. The summed E-state index contributed by atoms with van der Waals surface area (Å²) in [5.74, 6) is 2.21. The van der Waals surface area contributed by atoms with Gasteiger partial charge in [0, 0.05) is 0 Å². The molecule has 1 atom stereocenters. The van der Waals surface area contributed by atoms with Gasteiger partial charge in [-0.3, -0.25) is 0 Å². The molecule has 1 aliphatic heterocycles. The van der Waals surface area contributed by atoms with Crippen LogP contribution in [0.3, 0.4) is 0 Å². The Hall–Kier alpha value is -1.46. The summed E-state index contributed by atoms with van der Waals surface area (Å²) in [6, 6.07) is 4.84. The quantitative estimate of drug-likeness (QED) is 0.729. The van der Waals surface area contributed by atoms with Gasteiger partial charge in [-0.25, -0.2) is 0 Å². The number of hydrogen-bond donors (Lipinski definition) is 2. The molecule has 1 heterocycles. The Kier molecular flexibility index (Phi) is 6.54. The molecular formula is C18H32N2O3+2. The highest BCUT2D eigenvalue weighted by atomic mass is 16.5. The van der Waals surface area contributed by atoms with Crippen molar-refractivity contribution in [1.82, 2.24) is 0 Å². The summed E-state index contributed by atoms with van der Waals surface area (Å²) in [7, 11) is 5.01. The maximum absolute atomic E-state index is 5.60. The largest absolute Gasteiger partial charge is 0.493 e. The molecule has 2 rings (SSSR count). The summed E-state index contributed by atoms with van der Waals surface area (Å²) < 4.78 is 16.5. The SMILES string of the molecule is CCC(C)[NH+]1CC[NH+](Cc2ccc(OC)c(OC)c2OC)CC1. The summed E-state index contributed by atoms with van der Waals surface area (Å²) in [6.45, 7) is 10.5. The fraction of sp³-hybridized carbons (Fsp3) is 0.667. The topological polar surface area (TPSA) is 36.6 Å². The number of rotatable bonds is 7. The van der Waals surface area contributed by atoms with Gasteiger partial charge in [-0.05, 0) is 25.5 Å². The molecule has 23 heavy (non-hydrogen) atoms. The van der Waals surface area contributed by atoms with Gasteiger partial charge in [0.05, 0.1) is 32.9 Å². The van der Waals surface area contributed by atoms with Crippen molar-refractivity contribution in [2.24, 2.45) is 0 Å². The first kappa shape index (κ1) is 17.9. The maximum Gasteiger partial charge on any atom is 0.203 e. The van der Waals surface area contributed by atoms with Gasteiger partial charge in [0.25, 0.3) is 0 Å². The van der Waals surface area contributed by atoms with Crippen LogP contribution in [0.5, 0.6) is 17.2 Å². The molecule has 0 aliphatic carbocycles. The molecule has 1 aromatic carbocycles. The molecule has 130 valence electrons. The highest BCUT2D eigenvalue weighted by Crippen LogP contribution is 2.39. The van der Waals surface area contributed by atoms with E-state index in [9.17, 15) is 0 Å². The van der Waals surface area contributed by atoms with Crippen molar-refractivity contribution in [1.29, 1.82) is 0 Å². The predicted molar refractivity (Wildman–Crippen MR) is 90.9 cm³/mol. The second-order valence-electron chi connectivity index (χ2n) is 6.39. The molecule has 0 radical (unpaired) electrons. The first-order valence-corrected chi connectivity index (χ1v) is 8.60. The van der Waals surface area contributed by atoms with Crippen LogP contribution in [0.2, 0.25) is 0 Å². The highest BCUT2D eigenvalue weighted by Gasteiger charge is 2.27. The van der Waals surface area contributed by atoms with Crippen molar-refractivity contribution >= 4 is 0 Å². The van der Waals surface area contributed by atoms with Crippen molar-refractivity contribution in [3.8, 4) is 17.2 Å². The van der Waals surface area contributed by atoms with Crippen LogP contribution in [-0.4, -0.2) is 53.6 Å². The Bertz CT molecular complexity index is 499. The smallest absolute Gasteiger partial charge is 0.203 e. The number of ether oxygens (including phenoxy) is 3. The third-order valence-corrected chi connectivity index (χ3v) is 5.13. The monoisotopic (exact) mass is 324 g/mol. The molecule has 0 saturated carbocycles. The molecule has 0 spiro atoms. The average Bonchev–Trinajstić information content (AvgIpc) is 2.61. The minimum Gasteiger partial charge on any atom is -0.493 e. The van der Waals surface area contributed by atoms with Crippen LogP contribution in [0.4, 0.5) is 0 Å². The normalized spacial score (nSPS) is 22.5. The maximum atomic E-state index is 5.60. The van der Waals surface area contributed by atoms with E-state index in [0.29, 0.717) is 11.5 Å². The number of quaternary nitrogens is 2. The molecule has 5 heteroatoms. The number of nitrogens with one attached hydrogen (secondary N) is 2. The average molecular weight is 324 g/mol. The first-order valence-electron chi connectivity index (χ1n) is 8.60. The zero-order valence-corrected chi connectivity index (χ0v) is 15.2. The molecule has 0 aromatic heterocycles. The predicted octanol–water partition coefficient (Wildman–Crippen LogP) is -0.206. The van der Waals surface area contributed by atoms with Crippen LogP contribution in [0.1, 0.15) is 25.8 Å². The summed E-state index contributed by atoms with van der Waals surface area (Å²) in [6.07, 6.45) is 1.26. The summed E-state index contributed by atoms with van der Waals surface area (Å²) >= 11 is 0. The van der Waals surface area contributed by atoms with E-state index in [1.165, 1.54) is 38.2 Å². The lowest BCUT2D eigenvalue weighted by Gasteiger charge is -2.33. The van der Waals surface area contributed by atoms with Gasteiger partial charge in [0.2, 0.25) is 5.75 Å². The Balaban J connectivity index is 2.06. The zero-order valence-electron chi connectivity index (χ0n) is 15.2. The molecule has 1 aliphatic rings. The van der Waals surface area contributed by atoms with Gasteiger partial charge >= 0.3 is 0 Å². The van der Waals surface area contributed by atoms with Gasteiger partial charge in [-0.2, -0.15) is 0 Å². The summed E-state index contributed by atoms with van der Waals surface area (Å²) in [5.41, 5.74) is 1.19. The Morgan fingerprint density at radius 2 is 1.61 bits per heavy atom. The second-order valence-corrected chi connectivity index (χ2v) is 6.39. The van der Waals surface area contributed by atoms with Crippen LogP contribution >= 0.6 is 0 Å². The number of methoxy groups -OCH3 is 3. The van der Waals surface area contributed by atoms with Gasteiger partial charge in [-0.1, -0.05) is 6.92 Å². The van der Waals surface area contributed by atoms with Gasteiger partial charge in [0.15, 0.2) is 11.5 Å². The lowest BCUT2D eigenvalue weighted by Crippen LogP contribution is -3.29. The molecule has 1 unspecified atom stereocenters. The van der Waals surface area contributed by atoms with Crippen molar-refractivity contribution in [3.63, 3.8) is 0 Å². The molecule has 1 saturated heterocycles.